The lowest BCUT2D eigenvalue weighted by Crippen LogP contribution is -2.51. The molecule has 0 radical (unpaired) electrons. The molecule has 0 aromatic rings. The van der Waals surface area contributed by atoms with Gasteiger partial charge < -0.3 is 5.32 Å². The minimum absolute atomic E-state index is 0.0544. The lowest BCUT2D eigenvalue weighted by atomic mass is 9.77. The molecule has 0 amide bonds. The Labute approximate surface area is 129 Å². The van der Waals surface area contributed by atoms with Crippen LogP contribution in [-0.4, -0.2) is 43.1 Å². The van der Waals surface area contributed by atoms with Gasteiger partial charge in [0.1, 0.15) is 0 Å². The third-order valence-corrected chi connectivity index (χ3v) is 8.31. The Morgan fingerprint density at radius 2 is 1.62 bits per heavy atom. The average molecular weight is 314 g/mol. The average Bonchev–Trinajstić information content (AvgIpc) is 3.29. The largest absolute Gasteiger partial charge is 0.311 e. The molecule has 3 fully saturated rings. The van der Waals surface area contributed by atoms with Crippen molar-refractivity contribution in [2.45, 2.75) is 76.1 Å². The normalized spacial score (nSPS) is 36.8. The Morgan fingerprint density at radius 3 is 2.24 bits per heavy atom. The SMILES string of the molecule is C[C@H]1[C@H](C)CCC[C@@H]1NC1CCN(S(=O)(=O)C2CC2)CC1. The van der Waals surface area contributed by atoms with E-state index in [0.29, 0.717) is 25.2 Å². The van der Waals surface area contributed by atoms with Crippen molar-refractivity contribution in [2.75, 3.05) is 13.1 Å². The lowest BCUT2D eigenvalue weighted by Gasteiger charge is -2.39. The summed E-state index contributed by atoms with van der Waals surface area (Å²) in [6.07, 6.45) is 7.67. The molecule has 2 saturated carbocycles. The molecule has 3 aliphatic rings. The highest BCUT2D eigenvalue weighted by atomic mass is 32.2. The predicted molar refractivity (Wildman–Crippen MR) is 85.6 cm³/mol. The fourth-order valence-electron chi connectivity index (χ4n) is 3.97. The van der Waals surface area contributed by atoms with Crippen LogP contribution in [0.15, 0.2) is 0 Å². The van der Waals surface area contributed by atoms with Gasteiger partial charge in [0.15, 0.2) is 0 Å². The van der Waals surface area contributed by atoms with Crippen LogP contribution in [0.4, 0.5) is 0 Å². The molecular weight excluding hydrogens is 284 g/mol. The second kappa shape index (κ2) is 6.17. The maximum atomic E-state index is 12.2. The highest BCUT2D eigenvalue weighted by Crippen LogP contribution is 2.33. The van der Waals surface area contributed by atoms with Gasteiger partial charge in [0, 0.05) is 25.2 Å². The Kier molecular flexibility index (Phi) is 4.63. The molecule has 0 aromatic heterocycles. The number of hydrogen-bond acceptors (Lipinski definition) is 3. The number of nitrogens with zero attached hydrogens (tertiary/aromatic N) is 1. The van der Waals surface area contributed by atoms with Gasteiger partial charge in [-0.15, -0.1) is 0 Å². The van der Waals surface area contributed by atoms with Crippen LogP contribution in [0, 0.1) is 11.8 Å². The van der Waals surface area contributed by atoms with Gasteiger partial charge in [-0.3, -0.25) is 0 Å². The first-order valence-corrected chi connectivity index (χ1v) is 10.2. The molecule has 3 rings (SSSR count). The van der Waals surface area contributed by atoms with Gasteiger partial charge in [0.25, 0.3) is 0 Å². The Hall–Kier alpha value is -0.130. The molecule has 1 heterocycles. The van der Waals surface area contributed by atoms with Crippen molar-refractivity contribution in [3.05, 3.63) is 0 Å². The van der Waals surface area contributed by atoms with Gasteiger partial charge in [-0.05, 0) is 43.9 Å². The molecule has 4 nitrogen and oxygen atoms in total. The summed E-state index contributed by atoms with van der Waals surface area (Å²) in [4.78, 5) is 0. The fourth-order valence-corrected chi connectivity index (χ4v) is 5.85. The van der Waals surface area contributed by atoms with E-state index in [9.17, 15) is 8.42 Å². The molecular formula is C16H30N2O2S. The van der Waals surface area contributed by atoms with Gasteiger partial charge in [-0.1, -0.05) is 26.7 Å². The molecule has 3 atom stereocenters. The van der Waals surface area contributed by atoms with E-state index in [1.54, 1.807) is 4.31 Å². The lowest BCUT2D eigenvalue weighted by molar-refractivity contribution is 0.174. The summed E-state index contributed by atoms with van der Waals surface area (Å²) in [5, 5.41) is 3.78. The van der Waals surface area contributed by atoms with E-state index >= 15 is 0 Å². The van der Waals surface area contributed by atoms with E-state index in [-0.39, 0.29) is 5.25 Å². The smallest absolute Gasteiger partial charge is 0.216 e. The Bertz CT molecular complexity index is 453. The van der Waals surface area contributed by atoms with Crippen molar-refractivity contribution in [3.63, 3.8) is 0 Å². The topological polar surface area (TPSA) is 49.4 Å². The summed E-state index contributed by atoms with van der Waals surface area (Å²) in [6.45, 7) is 6.16. The van der Waals surface area contributed by atoms with Crippen LogP contribution >= 0.6 is 0 Å². The first-order chi connectivity index (χ1) is 9.98. The molecule has 0 bridgehead atoms. The van der Waals surface area contributed by atoms with Crippen LogP contribution in [0.25, 0.3) is 0 Å². The standard InChI is InChI=1S/C16H30N2O2S/c1-12-4-3-5-16(13(12)2)17-14-8-10-18(11-9-14)21(19,20)15-6-7-15/h12-17H,3-11H2,1-2H3/t12-,13+,16+/m1/s1. The van der Waals surface area contributed by atoms with Crippen molar-refractivity contribution < 1.29 is 8.42 Å². The maximum Gasteiger partial charge on any atom is 0.216 e. The van der Waals surface area contributed by atoms with E-state index in [4.69, 9.17) is 0 Å². The zero-order valence-electron chi connectivity index (χ0n) is 13.4. The molecule has 0 unspecified atom stereocenters. The van der Waals surface area contributed by atoms with Gasteiger partial charge in [0.05, 0.1) is 5.25 Å². The first kappa shape index (κ1) is 15.8. The van der Waals surface area contributed by atoms with Crippen LogP contribution in [0.3, 0.4) is 0 Å². The van der Waals surface area contributed by atoms with Gasteiger partial charge in [0.2, 0.25) is 10.0 Å². The molecule has 0 spiro atoms. The minimum atomic E-state index is -2.96. The number of sulfonamides is 1. The van der Waals surface area contributed by atoms with Crippen LogP contribution in [0.2, 0.25) is 0 Å². The second-order valence-electron chi connectivity index (χ2n) is 7.46. The minimum Gasteiger partial charge on any atom is -0.311 e. The van der Waals surface area contributed by atoms with Gasteiger partial charge in [-0.2, -0.15) is 0 Å². The van der Waals surface area contributed by atoms with Crippen molar-refractivity contribution in [1.82, 2.24) is 9.62 Å². The molecule has 1 saturated heterocycles. The summed E-state index contributed by atoms with van der Waals surface area (Å²) in [5.41, 5.74) is 0. The van der Waals surface area contributed by atoms with Crippen molar-refractivity contribution in [2.24, 2.45) is 11.8 Å². The third-order valence-electron chi connectivity index (χ3n) is 5.92. The summed E-state index contributed by atoms with van der Waals surface area (Å²) < 4.78 is 26.2. The molecule has 2 aliphatic carbocycles. The number of nitrogens with one attached hydrogen (secondary N) is 1. The van der Waals surface area contributed by atoms with E-state index in [1.807, 2.05) is 0 Å². The molecule has 122 valence electrons. The Balaban J connectivity index is 1.49. The summed E-state index contributed by atoms with van der Waals surface area (Å²) in [5.74, 6) is 1.55. The highest BCUT2D eigenvalue weighted by Gasteiger charge is 2.41. The molecule has 1 aliphatic heterocycles. The zero-order valence-corrected chi connectivity index (χ0v) is 14.2. The molecule has 1 N–H and O–H groups in total. The van der Waals surface area contributed by atoms with Gasteiger partial charge in [-0.25, -0.2) is 12.7 Å². The predicted octanol–water partition coefficient (Wildman–Crippen LogP) is 2.36. The Morgan fingerprint density at radius 1 is 0.952 bits per heavy atom. The van der Waals surface area contributed by atoms with Gasteiger partial charge >= 0.3 is 0 Å². The van der Waals surface area contributed by atoms with E-state index in [2.05, 4.69) is 19.2 Å². The molecule has 0 aromatic carbocycles. The highest BCUT2D eigenvalue weighted by molar-refractivity contribution is 7.90. The fraction of sp³-hybridized carbons (Fsp3) is 1.00. The third kappa shape index (κ3) is 3.45. The summed E-state index contributed by atoms with van der Waals surface area (Å²) in [7, 11) is -2.96. The zero-order chi connectivity index (χ0) is 15.0. The molecule has 5 heteroatoms. The summed E-state index contributed by atoms with van der Waals surface area (Å²) >= 11 is 0. The first-order valence-electron chi connectivity index (χ1n) is 8.73. The van der Waals surface area contributed by atoms with E-state index in [0.717, 1.165) is 37.5 Å². The van der Waals surface area contributed by atoms with Crippen LogP contribution in [0.5, 0.6) is 0 Å². The van der Waals surface area contributed by atoms with Crippen LogP contribution < -0.4 is 5.32 Å². The second-order valence-corrected chi connectivity index (χ2v) is 9.67. The van der Waals surface area contributed by atoms with Crippen LogP contribution in [0.1, 0.15) is 58.8 Å². The van der Waals surface area contributed by atoms with E-state index in [1.165, 1.54) is 19.3 Å². The van der Waals surface area contributed by atoms with E-state index < -0.39 is 10.0 Å². The van der Waals surface area contributed by atoms with Crippen molar-refractivity contribution in [3.8, 4) is 0 Å². The number of hydrogen-bond donors (Lipinski definition) is 1. The number of piperidine rings is 1. The quantitative estimate of drug-likeness (QED) is 0.866. The summed E-state index contributed by atoms with van der Waals surface area (Å²) in [6, 6.07) is 1.14. The maximum absolute atomic E-state index is 12.2. The van der Waals surface area contributed by atoms with Crippen molar-refractivity contribution in [1.29, 1.82) is 0 Å². The van der Waals surface area contributed by atoms with Crippen LogP contribution in [-0.2, 0) is 10.0 Å². The molecule has 21 heavy (non-hydrogen) atoms. The monoisotopic (exact) mass is 314 g/mol. The number of rotatable bonds is 4. The van der Waals surface area contributed by atoms with Crippen molar-refractivity contribution >= 4 is 10.0 Å².